The highest BCUT2D eigenvalue weighted by Gasteiger charge is 2.07. The third-order valence-electron chi connectivity index (χ3n) is 2.19. The molecular weight excluding hydrogens is 260 g/mol. The summed E-state index contributed by atoms with van der Waals surface area (Å²) in [7, 11) is 0. The smallest absolute Gasteiger partial charge is 0.266 e. The van der Waals surface area contributed by atoms with Crippen molar-refractivity contribution in [2.45, 2.75) is 6.42 Å². The van der Waals surface area contributed by atoms with Gasteiger partial charge in [0, 0.05) is 6.42 Å². The van der Waals surface area contributed by atoms with Crippen molar-refractivity contribution in [2.75, 3.05) is 11.9 Å². The van der Waals surface area contributed by atoms with Crippen molar-refractivity contribution in [3.05, 3.63) is 46.3 Å². The Bertz CT molecular complexity index is 612. The fourth-order valence-electron chi connectivity index (χ4n) is 1.37. The van der Waals surface area contributed by atoms with E-state index in [0.29, 0.717) is 22.8 Å². The molecule has 2 rings (SSSR count). The van der Waals surface area contributed by atoms with Crippen molar-refractivity contribution in [2.24, 2.45) is 0 Å². The molecule has 0 aliphatic heterocycles. The summed E-state index contributed by atoms with van der Waals surface area (Å²) in [5, 5.41) is 13.2. The maximum Gasteiger partial charge on any atom is 0.266 e. The lowest BCUT2D eigenvalue weighted by Crippen LogP contribution is -2.11. The molecule has 0 aliphatic carbocycles. The van der Waals surface area contributed by atoms with Crippen LogP contribution in [0, 0.1) is 11.8 Å². The van der Waals surface area contributed by atoms with Gasteiger partial charge in [-0.05, 0) is 29.5 Å². The van der Waals surface area contributed by atoms with Crippen molar-refractivity contribution in [3.63, 3.8) is 0 Å². The van der Waals surface area contributed by atoms with Crippen LogP contribution in [-0.2, 0) is 0 Å². The molecule has 0 aliphatic rings. The van der Waals surface area contributed by atoms with E-state index in [1.165, 1.54) is 11.3 Å². The van der Waals surface area contributed by atoms with E-state index in [0.717, 1.165) is 0 Å². The first-order valence-corrected chi connectivity index (χ1v) is 6.59. The van der Waals surface area contributed by atoms with Gasteiger partial charge in [0.05, 0.1) is 11.5 Å². The van der Waals surface area contributed by atoms with Crippen molar-refractivity contribution in [3.8, 4) is 11.8 Å². The molecule has 19 heavy (non-hydrogen) atoms. The molecular formula is C14H12N2O2S. The summed E-state index contributed by atoms with van der Waals surface area (Å²) in [5.74, 6) is 5.90. The predicted molar refractivity (Wildman–Crippen MR) is 75.1 cm³/mol. The number of aromatic nitrogens is 1. The number of pyridine rings is 1. The molecule has 5 heteroatoms. The average molecular weight is 272 g/mol. The zero-order valence-electron chi connectivity index (χ0n) is 10.1. The van der Waals surface area contributed by atoms with Crippen LogP contribution < -0.4 is 5.32 Å². The number of carbonyl (C=O) groups is 1. The highest BCUT2D eigenvalue weighted by molar-refractivity contribution is 7.12. The summed E-state index contributed by atoms with van der Waals surface area (Å²) >= 11 is 1.38. The molecule has 0 fully saturated rings. The molecule has 2 N–H and O–H groups in total. The van der Waals surface area contributed by atoms with Crippen LogP contribution in [-0.4, -0.2) is 22.6 Å². The molecule has 0 atom stereocenters. The number of amides is 1. The maximum atomic E-state index is 11.8. The van der Waals surface area contributed by atoms with Gasteiger partial charge in [0.15, 0.2) is 0 Å². The maximum absolute atomic E-state index is 11.8. The zero-order chi connectivity index (χ0) is 13.5. The quantitative estimate of drug-likeness (QED) is 0.841. The highest BCUT2D eigenvalue weighted by atomic mass is 32.1. The van der Waals surface area contributed by atoms with E-state index in [9.17, 15) is 4.79 Å². The SMILES string of the molecule is O=C(Nc1cccc(C#CCCO)n1)c1cccs1. The Morgan fingerprint density at radius 1 is 1.37 bits per heavy atom. The van der Waals surface area contributed by atoms with Crippen LogP contribution in [0.3, 0.4) is 0 Å². The predicted octanol–water partition coefficient (Wildman–Crippen LogP) is 2.13. The van der Waals surface area contributed by atoms with E-state index in [2.05, 4.69) is 22.1 Å². The number of nitrogens with zero attached hydrogens (tertiary/aromatic N) is 1. The standard InChI is InChI=1S/C14H12N2O2S/c17-9-2-1-5-11-6-3-8-13(15-11)16-14(18)12-7-4-10-19-12/h3-4,6-8,10,17H,2,9H2,(H,15,16,18). The lowest BCUT2D eigenvalue weighted by Gasteiger charge is -2.02. The number of carbonyl (C=O) groups excluding carboxylic acids is 1. The average Bonchev–Trinajstić information content (AvgIpc) is 2.93. The van der Waals surface area contributed by atoms with Crippen molar-refractivity contribution < 1.29 is 9.90 Å². The second-order valence-corrected chi connectivity index (χ2v) is 4.56. The third kappa shape index (κ3) is 3.91. The number of hydrogen-bond donors (Lipinski definition) is 2. The van der Waals surface area contributed by atoms with Gasteiger partial charge >= 0.3 is 0 Å². The summed E-state index contributed by atoms with van der Waals surface area (Å²) in [4.78, 5) is 16.7. The number of rotatable bonds is 3. The van der Waals surface area contributed by atoms with Crippen LogP contribution in [0.25, 0.3) is 0 Å². The van der Waals surface area contributed by atoms with Crippen LogP contribution in [0.4, 0.5) is 5.82 Å². The molecule has 4 nitrogen and oxygen atoms in total. The summed E-state index contributed by atoms with van der Waals surface area (Å²) in [6.07, 6.45) is 0.410. The minimum Gasteiger partial charge on any atom is -0.395 e. The van der Waals surface area contributed by atoms with Gasteiger partial charge in [0.1, 0.15) is 11.5 Å². The van der Waals surface area contributed by atoms with Gasteiger partial charge in [0.2, 0.25) is 0 Å². The third-order valence-corrected chi connectivity index (χ3v) is 3.06. The largest absolute Gasteiger partial charge is 0.395 e. The second-order valence-electron chi connectivity index (χ2n) is 3.61. The molecule has 0 aromatic carbocycles. The van der Waals surface area contributed by atoms with Gasteiger partial charge in [-0.25, -0.2) is 4.98 Å². The summed E-state index contributed by atoms with van der Waals surface area (Å²) < 4.78 is 0. The molecule has 0 saturated heterocycles. The number of aliphatic hydroxyl groups is 1. The Balaban J connectivity index is 2.07. The summed E-state index contributed by atoms with van der Waals surface area (Å²) in [6.45, 7) is 0.0296. The normalized spacial score (nSPS) is 9.53. The highest BCUT2D eigenvalue weighted by Crippen LogP contribution is 2.11. The van der Waals surface area contributed by atoms with E-state index >= 15 is 0 Å². The Kier molecular flexibility index (Phi) is 4.67. The van der Waals surface area contributed by atoms with E-state index < -0.39 is 0 Å². The monoisotopic (exact) mass is 272 g/mol. The number of thiophene rings is 1. The molecule has 96 valence electrons. The van der Waals surface area contributed by atoms with Crippen LogP contribution in [0.2, 0.25) is 0 Å². The molecule has 2 aromatic heterocycles. The van der Waals surface area contributed by atoms with Gasteiger partial charge < -0.3 is 10.4 Å². The number of aliphatic hydroxyl groups excluding tert-OH is 1. The fourth-order valence-corrected chi connectivity index (χ4v) is 1.99. The van der Waals surface area contributed by atoms with Gasteiger partial charge in [-0.15, -0.1) is 11.3 Å². The fraction of sp³-hybridized carbons (Fsp3) is 0.143. The topological polar surface area (TPSA) is 62.2 Å². The second kappa shape index (κ2) is 6.69. The first-order chi connectivity index (χ1) is 9.29. The Morgan fingerprint density at radius 2 is 2.26 bits per heavy atom. The number of nitrogens with one attached hydrogen (secondary N) is 1. The van der Waals surface area contributed by atoms with Gasteiger partial charge in [-0.1, -0.05) is 18.1 Å². The zero-order valence-corrected chi connectivity index (χ0v) is 10.9. The molecule has 0 unspecified atom stereocenters. The molecule has 0 spiro atoms. The van der Waals surface area contributed by atoms with E-state index in [-0.39, 0.29) is 12.5 Å². The van der Waals surface area contributed by atoms with Crippen molar-refractivity contribution >= 4 is 23.1 Å². The van der Waals surface area contributed by atoms with Gasteiger partial charge in [-0.3, -0.25) is 4.79 Å². The first-order valence-electron chi connectivity index (χ1n) is 5.71. The van der Waals surface area contributed by atoms with E-state index in [4.69, 9.17) is 5.11 Å². The molecule has 0 bridgehead atoms. The lowest BCUT2D eigenvalue weighted by molar-refractivity contribution is 0.103. The van der Waals surface area contributed by atoms with E-state index in [1.807, 2.05) is 11.4 Å². The Labute approximate surface area is 115 Å². The molecule has 2 aromatic rings. The van der Waals surface area contributed by atoms with Crippen LogP contribution in [0.15, 0.2) is 35.7 Å². The Hall–Kier alpha value is -2.16. The summed E-state index contributed by atoms with van der Waals surface area (Å²) in [6, 6.07) is 8.82. The van der Waals surface area contributed by atoms with E-state index in [1.54, 1.807) is 24.3 Å². The first kappa shape index (κ1) is 13.3. The van der Waals surface area contributed by atoms with Crippen molar-refractivity contribution in [1.82, 2.24) is 4.98 Å². The number of anilines is 1. The van der Waals surface area contributed by atoms with Gasteiger partial charge in [-0.2, -0.15) is 0 Å². The van der Waals surface area contributed by atoms with Crippen molar-refractivity contribution in [1.29, 1.82) is 0 Å². The number of hydrogen-bond acceptors (Lipinski definition) is 4. The minimum absolute atomic E-state index is 0.0296. The molecule has 2 heterocycles. The van der Waals surface area contributed by atoms with Gasteiger partial charge in [0.25, 0.3) is 5.91 Å². The molecule has 0 radical (unpaired) electrons. The van der Waals surface area contributed by atoms with Crippen LogP contribution >= 0.6 is 11.3 Å². The lowest BCUT2D eigenvalue weighted by atomic mass is 10.3. The Morgan fingerprint density at radius 3 is 3.00 bits per heavy atom. The molecule has 0 saturated carbocycles. The van der Waals surface area contributed by atoms with Crippen LogP contribution in [0.1, 0.15) is 21.8 Å². The van der Waals surface area contributed by atoms with Crippen LogP contribution in [0.5, 0.6) is 0 Å². The minimum atomic E-state index is -0.178. The molecule has 1 amide bonds. The summed E-state index contributed by atoms with van der Waals surface area (Å²) in [5.41, 5.74) is 0.567.